The van der Waals surface area contributed by atoms with Crippen LogP contribution < -0.4 is 4.74 Å². The molecular formula is C21H24N6O3. The molecule has 1 saturated heterocycles. The normalized spacial score (nSPS) is 20.6. The van der Waals surface area contributed by atoms with Crippen molar-refractivity contribution in [2.24, 2.45) is 12.5 Å². The highest BCUT2D eigenvalue weighted by Crippen LogP contribution is 2.48. The largest absolute Gasteiger partial charge is 0.488 e. The summed E-state index contributed by atoms with van der Waals surface area (Å²) >= 11 is 0. The second kappa shape index (κ2) is 6.88. The monoisotopic (exact) mass is 408 g/mol. The lowest BCUT2D eigenvalue weighted by atomic mass is 10.1. The van der Waals surface area contributed by atoms with Crippen molar-refractivity contribution in [1.29, 1.82) is 0 Å². The van der Waals surface area contributed by atoms with Gasteiger partial charge < -0.3 is 14.2 Å². The van der Waals surface area contributed by atoms with Gasteiger partial charge in [0.2, 0.25) is 0 Å². The Labute approximate surface area is 174 Å². The number of ether oxygens (including phenoxy) is 3. The summed E-state index contributed by atoms with van der Waals surface area (Å²) in [6.45, 7) is 2.06. The van der Waals surface area contributed by atoms with Gasteiger partial charge in [0, 0.05) is 36.0 Å². The molecule has 2 saturated carbocycles. The number of hydrogen-bond donors (Lipinski definition) is 0. The zero-order chi connectivity index (χ0) is 20.1. The number of rotatable bonds is 6. The average Bonchev–Trinajstić information content (AvgIpc) is 3.63. The summed E-state index contributed by atoms with van der Waals surface area (Å²) in [6.07, 6.45) is 12.0. The maximum atomic E-state index is 6.15. The van der Waals surface area contributed by atoms with Gasteiger partial charge in [-0.2, -0.15) is 5.10 Å². The third-order valence-corrected chi connectivity index (χ3v) is 5.93. The van der Waals surface area contributed by atoms with Crippen molar-refractivity contribution >= 4 is 0 Å². The van der Waals surface area contributed by atoms with Crippen LogP contribution in [0.4, 0.5) is 0 Å². The highest BCUT2D eigenvalue weighted by molar-refractivity contribution is 5.69. The van der Waals surface area contributed by atoms with Crippen molar-refractivity contribution in [2.45, 2.75) is 44.6 Å². The molecule has 0 amide bonds. The van der Waals surface area contributed by atoms with Crippen molar-refractivity contribution in [2.75, 3.05) is 13.2 Å². The molecule has 6 rings (SSSR count). The van der Waals surface area contributed by atoms with Crippen molar-refractivity contribution in [3.05, 3.63) is 30.9 Å². The third-order valence-electron chi connectivity index (χ3n) is 5.93. The standard InChI is InChI=1S/C21H24N6O3/c1-26-9-15(8-23-26)14-6-18(30-16-2-3-16)20(22-7-14)17-10-27(25-24-17)11-19-28-12-21(4-5-21)13-29-19/h6-10,16,19H,2-5,11-13H2,1H3. The van der Waals surface area contributed by atoms with Gasteiger partial charge in [0.05, 0.1) is 38.3 Å². The number of nitrogens with zero attached hydrogens (tertiary/aromatic N) is 6. The van der Waals surface area contributed by atoms with E-state index < -0.39 is 0 Å². The predicted octanol–water partition coefficient (Wildman–Crippen LogP) is 2.43. The van der Waals surface area contributed by atoms with Crippen LogP contribution in [0.15, 0.2) is 30.9 Å². The predicted molar refractivity (Wildman–Crippen MR) is 106 cm³/mol. The molecule has 2 aliphatic carbocycles. The Balaban J connectivity index is 1.23. The molecule has 0 bridgehead atoms. The first-order chi connectivity index (χ1) is 14.7. The van der Waals surface area contributed by atoms with Crippen LogP contribution in [-0.2, 0) is 23.1 Å². The van der Waals surface area contributed by atoms with E-state index in [0.29, 0.717) is 23.3 Å². The molecule has 3 fully saturated rings. The van der Waals surface area contributed by atoms with Crippen LogP contribution >= 0.6 is 0 Å². The molecule has 0 unspecified atom stereocenters. The Kier molecular flexibility index (Phi) is 4.14. The molecule has 0 atom stereocenters. The smallest absolute Gasteiger partial charge is 0.177 e. The summed E-state index contributed by atoms with van der Waals surface area (Å²) < 4.78 is 21.4. The lowest BCUT2D eigenvalue weighted by Gasteiger charge is -2.29. The molecule has 0 radical (unpaired) electrons. The summed E-state index contributed by atoms with van der Waals surface area (Å²) in [6, 6.07) is 2.01. The molecule has 3 aromatic heterocycles. The second-order valence-electron chi connectivity index (χ2n) is 8.67. The Bertz CT molecular complexity index is 1060. The summed E-state index contributed by atoms with van der Waals surface area (Å²) in [5.74, 6) is 0.728. The van der Waals surface area contributed by atoms with Gasteiger partial charge in [0.1, 0.15) is 17.1 Å². The second-order valence-corrected chi connectivity index (χ2v) is 8.67. The summed E-state index contributed by atoms with van der Waals surface area (Å²) in [4.78, 5) is 4.66. The maximum Gasteiger partial charge on any atom is 0.177 e. The summed E-state index contributed by atoms with van der Waals surface area (Å²) in [5, 5.41) is 12.8. The van der Waals surface area contributed by atoms with Crippen LogP contribution in [-0.4, -0.2) is 55.4 Å². The lowest BCUT2D eigenvalue weighted by Crippen LogP contribution is -2.36. The van der Waals surface area contributed by atoms with E-state index in [1.54, 1.807) is 9.36 Å². The minimum Gasteiger partial charge on any atom is -0.488 e. The molecule has 3 aliphatic rings. The van der Waals surface area contributed by atoms with E-state index in [-0.39, 0.29) is 12.4 Å². The molecule has 1 aliphatic heterocycles. The zero-order valence-corrected chi connectivity index (χ0v) is 16.9. The molecule has 4 heterocycles. The molecule has 3 aromatic rings. The van der Waals surface area contributed by atoms with Crippen molar-refractivity contribution < 1.29 is 14.2 Å². The third kappa shape index (κ3) is 3.59. The summed E-state index contributed by atoms with van der Waals surface area (Å²) in [7, 11) is 1.90. The Morgan fingerprint density at radius 1 is 1.13 bits per heavy atom. The van der Waals surface area contributed by atoms with Gasteiger partial charge in [-0.05, 0) is 31.7 Å². The average molecular weight is 408 g/mol. The van der Waals surface area contributed by atoms with E-state index in [2.05, 4.69) is 20.4 Å². The maximum absolute atomic E-state index is 6.15. The Morgan fingerprint density at radius 3 is 2.67 bits per heavy atom. The van der Waals surface area contributed by atoms with Gasteiger partial charge in [0.15, 0.2) is 6.29 Å². The first-order valence-corrected chi connectivity index (χ1v) is 10.5. The number of pyridine rings is 1. The van der Waals surface area contributed by atoms with E-state index in [0.717, 1.165) is 42.9 Å². The van der Waals surface area contributed by atoms with Crippen LogP contribution in [0.2, 0.25) is 0 Å². The van der Waals surface area contributed by atoms with Gasteiger partial charge >= 0.3 is 0 Å². The van der Waals surface area contributed by atoms with Crippen LogP contribution in [0.1, 0.15) is 25.7 Å². The van der Waals surface area contributed by atoms with E-state index in [9.17, 15) is 0 Å². The molecule has 0 aromatic carbocycles. The van der Waals surface area contributed by atoms with E-state index in [4.69, 9.17) is 14.2 Å². The van der Waals surface area contributed by atoms with Crippen LogP contribution in [0.25, 0.3) is 22.5 Å². The first-order valence-electron chi connectivity index (χ1n) is 10.5. The first kappa shape index (κ1) is 18.0. The van der Waals surface area contributed by atoms with Gasteiger partial charge in [-0.3, -0.25) is 4.68 Å². The van der Waals surface area contributed by atoms with E-state index in [1.807, 2.05) is 37.9 Å². The zero-order valence-electron chi connectivity index (χ0n) is 16.9. The quantitative estimate of drug-likeness (QED) is 0.619. The number of aromatic nitrogens is 6. The SMILES string of the molecule is Cn1cc(-c2cnc(-c3cn(CC4OCC5(CC5)CO4)nn3)c(OC3CC3)c2)cn1. The molecule has 9 nitrogen and oxygen atoms in total. The summed E-state index contributed by atoms with van der Waals surface area (Å²) in [5.41, 5.74) is 3.63. The molecule has 0 N–H and O–H groups in total. The molecule has 1 spiro atoms. The van der Waals surface area contributed by atoms with E-state index in [1.165, 1.54) is 12.8 Å². The van der Waals surface area contributed by atoms with E-state index >= 15 is 0 Å². The fourth-order valence-corrected chi connectivity index (χ4v) is 3.67. The molecular weight excluding hydrogens is 384 g/mol. The fraction of sp³-hybridized carbons (Fsp3) is 0.524. The van der Waals surface area contributed by atoms with Gasteiger partial charge in [-0.1, -0.05) is 5.21 Å². The van der Waals surface area contributed by atoms with Crippen molar-refractivity contribution in [3.8, 4) is 28.3 Å². The highest BCUT2D eigenvalue weighted by atomic mass is 16.7. The van der Waals surface area contributed by atoms with Gasteiger partial charge in [-0.25, -0.2) is 9.67 Å². The highest BCUT2D eigenvalue weighted by Gasteiger charge is 2.47. The molecule has 30 heavy (non-hydrogen) atoms. The van der Waals surface area contributed by atoms with Crippen molar-refractivity contribution in [3.63, 3.8) is 0 Å². The van der Waals surface area contributed by atoms with Crippen molar-refractivity contribution in [1.82, 2.24) is 29.8 Å². The number of hydrogen-bond acceptors (Lipinski definition) is 7. The Morgan fingerprint density at radius 2 is 1.97 bits per heavy atom. The minimum atomic E-state index is -0.283. The molecule has 156 valence electrons. The van der Waals surface area contributed by atoms with Crippen LogP contribution in [0, 0.1) is 5.41 Å². The number of aryl methyl sites for hydroxylation is 1. The Hall–Kier alpha value is -2.78. The van der Waals surface area contributed by atoms with Crippen LogP contribution in [0.3, 0.4) is 0 Å². The lowest BCUT2D eigenvalue weighted by molar-refractivity contribution is -0.213. The van der Waals surface area contributed by atoms with Crippen LogP contribution in [0.5, 0.6) is 5.75 Å². The fourth-order valence-electron chi connectivity index (χ4n) is 3.67. The van der Waals surface area contributed by atoms with Gasteiger partial charge in [-0.15, -0.1) is 5.10 Å². The molecule has 9 heteroatoms. The topological polar surface area (TPSA) is 89.1 Å². The van der Waals surface area contributed by atoms with Gasteiger partial charge in [0.25, 0.3) is 0 Å². The minimum absolute atomic E-state index is 0.253.